The van der Waals surface area contributed by atoms with Crippen molar-refractivity contribution < 1.29 is 10.2 Å². The van der Waals surface area contributed by atoms with Gasteiger partial charge in [0.2, 0.25) is 0 Å². The Labute approximate surface area is 185 Å². The van der Waals surface area contributed by atoms with E-state index in [9.17, 15) is 10.2 Å². The molecule has 0 aliphatic carbocycles. The molecule has 0 saturated heterocycles. The maximum Gasteiger partial charge on any atom is 0.0793 e. The summed E-state index contributed by atoms with van der Waals surface area (Å²) in [5.74, 6) is 0. The van der Waals surface area contributed by atoms with Crippen LogP contribution in [0.5, 0.6) is 0 Å². The molecule has 0 spiro atoms. The second-order valence-electron chi connectivity index (χ2n) is 8.89. The predicted octanol–water partition coefficient (Wildman–Crippen LogP) is 4.49. The molecular formula is C25H36N2O2S. The van der Waals surface area contributed by atoms with Crippen LogP contribution in [0.1, 0.15) is 60.1 Å². The monoisotopic (exact) mass is 428 g/mol. The van der Waals surface area contributed by atoms with Crippen LogP contribution in [0.25, 0.3) is 0 Å². The van der Waals surface area contributed by atoms with Crippen molar-refractivity contribution in [3.63, 3.8) is 0 Å². The average Bonchev–Trinajstić information content (AvgIpc) is 2.70. The number of fused-ring (bicyclic) bond motifs is 2. The number of aliphatic hydroxyl groups is 2. The highest BCUT2D eigenvalue weighted by atomic mass is 32.2. The molecule has 1 aliphatic heterocycles. The van der Waals surface area contributed by atoms with Gasteiger partial charge in [-0.2, -0.15) is 0 Å². The molecule has 2 unspecified atom stereocenters. The minimum atomic E-state index is -0.429. The van der Waals surface area contributed by atoms with Crippen LogP contribution in [0.3, 0.4) is 0 Å². The fourth-order valence-corrected chi connectivity index (χ4v) is 5.15. The average molecular weight is 429 g/mol. The lowest BCUT2D eigenvalue weighted by Gasteiger charge is -2.25. The summed E-state index contributed by atoms with van der Waals surface area (Å²) in [6.45, 7) is 1.97. The minimum Gasteiger partial charge on any atom is -0.388 e. The number of hydrogen-bond donors (Lipinski definition) is 2. The summed E-state index contributed by atoms with van der Waals surface area (Å²) in [5.41, 5.74) is 4.55. The summed E-state index contributed by atoms with van der Waals surface area (Å²) in [5, 5.41) is 21.5. The fraction of sp³-hybridized carbons (Fsp3) is 0.520. The smallest absolute Gasteiger partial charge is 0.0793 e. The Hall–Kier alpha value is -1.37. The first kappa shape index (κ1) is 23.3. The highest BCUT2D eigenvalue weighted by molar-refractivity contribution is 7.99. The van der Waals surface area contributed by atoms with E-state index in [4.69, 9.17) is 0 Å². The van der Waals surface area contributed by atoms with Gasteiger partial charge < -0.3 is 20.0 Å². The Balaban J connectivity index is 1.73. The molecule has 2 aromatic carbocycles. The van der Waals surface area contributed by atoms with Crippen molar-refractivity contribution in [2.75, 3.05) is 41.3 Å². The SMILES string of the molecule is CN(C)CCCC(O)c1ccc2c(c1)Cc1c(cccc1C(O)CCCN(C)C)S2. The molecule has 0 aromatic heterocycles. The van der Waals surface area contributed by atoms with E-state index in [0.717, 1.165) is 56.3 Å². The lowest BCUT2D eigenvalue weighted by molar-refractivity contribution is 0.158. The van der Waals surface area contributed by atoms with Crippen molar-refractivity contribution >= 4 is 11.8 Å². The van der Waals surface area contributed by atoms with Crippen LogP contribution in [0.15, 0.2) is 46.2 Å². The maximum atomic E-state index is 10.9. The molecule has 4 nitrogen and oxygen atoms in total. The lowest BCUT2D eigenvalue weighted by atomic mass is 9.92. The molecule has 164 valence electrons. The van der Waals surface area contributed by atoms with Gasteiger partial charge in [0.15, 0.2) is 0 Å². The van der Waals surface area contributed by atoms with Gasteiger partial charge in [-0.3, -0.25) is 0 Å². The molecule has 0 saturated carbocycles. The summed E-state index contributed by atoms with van der Waals surface area (Å²) < 4.78 is 0. The summed E-state index contributed by atoms with van der Waals surface area (Å²) in [4.78, 5) is 6.81. The second kappa shape index (κ2) is 10.8. The van der Waals surface area contributed by atoms with Crippen LogP contribution in [0.2, 0.25) is 0 Å². The first-order valence-corrected chi connectivity index (χ1v) is 11.7. The first-order valence-electron chi connectivity index (χ1n) is 10.9. The largest absolute Gasteiger partial charge is 0.388 e. The molecule has 2 atom stereocenters. The van der Waals surface area contributed by atoms with Crippen LogP contribution in [0, 0.1) is 0 Å². The molecule has 0 bridgehead atoms. The minimum absolute atomic E-state index is 0.423. The Kier molecular flexibility index (Phi) is 8.37. The van der Waals surface area contributed by atoms with Gasteiger partial charge in [0.1, 0.15) is 0 Å². The molecule has 2 aromatic rings. The van der Waals surface area contributed by atoms with Gasteiger partial charge >= 0.3 is 0 Å². The van der Waals surface area contributed by atoms with Crippen LogP contribution < -0.4 is 0 Å². The summed E-state index contributed by atoms with van der Waals surface area (Å²) in [6, 6.07) is 12.7. The zero-order valence-electron chi connectivity index (χ0n) is 18.8. The van der Waals surface area contributed by atoms with Gasteiger partial charge in [-0.15, -0.1) is 0 Å². The third kappa shape index (κ3) is 6.08. The van der Waals surface area contributed by atoms with Crippen molar-refractivity contribution in [1.82, 2.24) is 9.80 Å². The van der Waals surface area contributed by atoms with Gasteiger partial charge in [0.05, 0.1) is 12.2 Å². The Bertz CT molecular complexity index is 838. The number of hydrogen-bond acceptors (Lipinski definition) is 5. The molecule has 0 amide bonds. The van der Waals surface area contributed by atoms with E-state index in [0.29, 0.717) is 0 Å². The van der Waals surface area contributed by atoms with E-state index < -0.39 is 12.2 Å². The molecule has 0 fully saturated rings. The zero-order valence-corrected chi connectivity index (χ0v) is 19.6. The van der Waals surface area contributed by atoms with E-state index in [2.05, 4.69) is 74.4 Å². The fourth-order valence-electron chi connectivity index (χ4n) is 4.06. The third-order valence-corrected chi connectivity index (χ3v) is 6.97. The van der Waals surface area contributed by atoms with Crippen molar-refractivity contribution in [2.24, 2.45) is 0 Å². The summed E-state index contributed by atoms with van der Waals surface area (Å²) >= 11 is 1.78. The van der Waals surface area contributed by atoms with Crippen molar-refractivity contribution in [3.05, 3.63) is 58.7 Å². The predicted molar refractivity (Wildman–Crippen MR) is 125 cm³/mol. The summed E-state index contributed by atoms with van der Waals surface area (Å²) in [7, 11) is 8.26. The van der Waals surface area contributed by atoms with E-state index in [1.807, 2.05) is 0 Å². The third-order valence-electron chi connectivity index (χ3n) is 5.75. The Morgan fingerprint density at radius 2 is 1.53 bits per heavy atom. The molecule has 3 rings (SSSR count). The molecule has 1 heterocycles. The molecule has 0 radical (unpaired) electrons. The molecule has 5 heteroatoms. The standard InChI is InChI=1S/C25H36N2O2S/c1-26(2)14-6-9-22(28)18-12-13-24-19(16-18)17-21-20(8-5-11-25(21)30-24)23(29)10-7-15-27(3)4/h5,8,11-13,16,22-23,28-29H,6-7,9-10,14-15,17H2,1-4H3. The lowest BCUT2D eigenvalue weighted by Crippen LogP contribution is -2.15. The molecule has 1 aliphatic rings. The van der Waals surface area contributed by atoms with Crippen molar-refractivity contribution in [1.29, 1.82) is 0 Å². The van der Waals surface area contributed by atoms with Crippen molar-refractivity contribution in [2.45, 2.75) is 54.1 Å². The van der Waals surface area contributed by atoms with E-state index in [1.54, 1.807) is 11.8 Å². The van der Waals surface area contributed by atoms with Crippen LogP contribution >= 0.6 is 11.8 Å². The molecule has 2 N–H and O–H groups in total. The first-order chi connectivity index (χ1) is 14.3. The van der Waals surface area contributed by atoms with Gasteiger partial charge in [-0.1, -0.05) is 36.0 Å². The van der Waals surface area contributed by atoms with E-state index in [1.165, 1.54) is 20.9 Å². The highest BCUT2D eigenvalue weighted by Crippen LogP contribution is 2.43. The maximum absolute atomic E-state index is 10.9. The number of nitrogens with zero attached hydrogens (tertiary/aromatic N) is 2. The van der Waals surface area contributed by atoms with Crippen LogP contribution in [-0.2, 0) is 6.42 Å². The summed E-state index contributed by atoms with van der Waals surface area (Å²) in [6.07, 6.45) is 3.47. The van der Waals surface area contributed by atoms with Gasteiger partial charge in [0, 0.05) is 16.2 Å². The van der Waals surface area contributed by atoms with E-state index in [-0.39, 0.29) is 0 Å². The molecule has 30 heavy (non-hydrogen) atoms. The number of aliphatic hydroxyl groups excluding tert-OH is 2. The highest BCUT2D eigenvalue weighted by Gasteiger charge is 2.23. The van der Waals surface area contributed by atoms with E-state index >= 15 is 0 Å². The Morgan fingerprint density at radius 1 is 0.867 bits per heavy atom. The second-order valence-corrected chi connectivity index (χ2v) is 9.98. The topological polar surface area (TPSA) is 46.9 Å². The Morgan fingerprint density at radius 3 is 2.20 bits per heavy atom. The van der Waals surface area contributed by atoms with Crippen LogP contribution in [0.4, 0.5) is 0 Å². The normalized spacial score (nSPS) is 15.2. The van der Waals surface area contributed by atoms with Gasteiger partial charge in [-0.05, 0) is 101 Å². The van der Waals surface area contributed by atoms with Gasteiger partial charge in [0.25, 0.3) is 0 Å². The zero-order chi connectivity index (χ0) is 21.7. The quantitative estimate of drug-likeness (QED) is 0.498. The van der Waals surface area contributed by atoms with Gasteiger partial charge in [-0.25, -0.2) is 0 Å². The van der Waals surface area contributed by atoms with Crippen LogP contribution in [-0.4, -0.2) is 61.3 Å². The van der Waals surface area contributed by atoms with Crippen molar-refractivity contribution in [3.8, 4) is 0 Å². The number of rotatable bonds is 10. The number of benzene rings is 2. The molecular weight excluding hydrogens is 392 g/mol.